The molecule has 0 unspecified atom stereocenters. The normalized spacial score (nSPS) is 14.9. The number of aryl methyl sites for hydroxylation is 1. The minimum Gasteiger partial charge on any atom is -0.325 e. The van der Waals surface area contributed by atoms with Crippen LogP contribution in [0.2, 0.25) is 5.02 Å². The van der Waals surface area contributed by atoms with Gasteiger partial charge in [-0.1, -0.05) is 72.3 Å². The highest BCUT2D eigenvalue weighted by Crippen LogP contribution is 2.27. The van der Waals surface area contributed by atoms with Crippen molar-refractivity contribution in [1.29, 1.82) is 0 Å². The Morgan fingerprint density at radius 1 is 0.917 bits per heavy atom. The molecule has 0 spiro atoms. The predicted octanol–water partition coefficient (Wildman–Crippen LogP) is 5.18. The number of carbonyl (C=O) groups excluding carboxylic acids is 2. The number of hydrogen-bond acceptors (Lipinski definition) is 4. The van der Waals surface area contributed by atoms with Crippen LogP contribution in [0.25, 0.3) is 0 Å². The number of nitrogens with one attached hydrogen (secondary N) is 1. The van der Waals surface area contributed by atoms with E-state index in [1.165, 1.54) is 4.31 Å². The Bertz CT molecular complexity index is 1310. The molecule has 8 heteroatoms. The van der Waals surface area contributed by atoms with Gasteiger partial charge >= 0.3 is 0 Å². The largest absolute Gasteiger partial charge is 0.325 e. The molecule has 0 atom stereocenters. The fraction of sp³-hybridized carbons (Fsp3) is 0.286. The van der Waals surface area contributed by atoms with E-state index in [1.807, 2.05) is 36.4 Å². The Morgan fingerprint density at radius 3 is 2.22 bits per heavy atom. The number of amides is 1. The van der Waals surface area contributed by atoms with Crippen LogP contribution >= 0.6 is 11.6 Å². The first-order chi connectivity index (χ1) is 17.3. The summed E-state index contributed by atoms with van der Waals surface area (Å²) < 4.78 is 27.1. The smallest absolute Gasteiger partial charge is 0.227 e. The topological polar surface area (TPSA) is 83.6 Å². The Kier molecular flexibility index (Phi) is 8.56. The lowest BCUT2D eigenvalue weighted by molar-refractivity contribution is -0.120. The number of hydrogen-bond donors (Lipinski definition) is 1. The van der Waals surface area contributed by atoms with Crippen LogP contribution < -0.4 is 5.32 Å². The zero-order valence-corrected chi connectivity index (χ0v) is 21.5. The zero-order chi connectivity index (χ0) is 25.5. The summed E-state index contributed by atoms with van der Waals surface area (Å²) in [6, 6.07) is 23.4. The molecule has 0 saturated carbocycles. The van der Waals surface area contributed by atoms with Gasteiger partial charge in [0.15, 0.2) is 5.78 Å². The summed E-state index contributed by atoms with van der Waals surface area (Å²) in [6.07, 6.45) is 2.13. The number of nitrogens with zero attached hydrogens (tertiary/aromatic N) is 1. The molecule has 188 valence electrons. The van der Waals surface area contributed by atoms with Crippen LogP contribution in [0.1, 0.15) is 40.7 Å². The van der Waals surface area contributed by atoms with Crippen LogP contribution in [0.3, 0.4) is 0 Å². The van der Waals surface area contributed by atoms with Crippen LogP contribution in [0, 0.1) is 5.92 Å². The molecular formula is C28H29ClN2O4S. The van der Waals surface area contributed by atoms with Crippen molar-refractivity contribution in [1.82, 2.24) is 4.31 Å². The van der Waals surface area contributed by atoms with Crippen molar-refractivity contribution in [3.05, 3.63) is 101 Å². The van der Waals surface area contributed by atoms with Gasteiger partial charge in [0.2, 0.25) is 15.9 Å². The summed E-state index contributed by atoms with van der Waals surface area (Å²) in [6.45, 7) is 0.615. The quantitative estimate of drug-likeness (QED) is 0.391. The number of sulfonamides is 1. The van der Waals surface area contributed by atoms with E-state index in [9.17, 15) is 18.0 Å². The molecule has 0 aliphatic carbocycles. The summed E-state index contributed by atoms with van der Waals surface area (Å²) in [5, 5.41) is 3.28. The lowest BCUT2D eigenvalue weighted by atomic mass is 9.96. The number of carbonyl (C=O) groups is 2. The SMILES string of the molecule is O=C(c1ccccc1)c1cc(Cl)ccc1NC(=O)C1CCN(S(=O)(=O)CCCc2ccccc2)CC1. The second-order valence-electron chi connectivity index (χ2n) is 8.95. The molecule has 0 radical (unpaired) electrons. The Morgan fingerprint density at radius 2 is 1.56 bits per heavy atom. The Hall–Kier alpha value is -3.00. The summed E-state index contributed by atoms with van der Waals surface area (Å²) >= 11 is 6.14. The maximum Gasteiger partial charge on any atom is 0.227 e. The van der Waals surface area contributed by atoms with Gasteiger partial charge in [0.25, 0.3) is 0 Å². The van der Waals surface area contributed by atoms with E-state index < -0.39 is 10.0 Å². The highest BCUT2D eigenvalue weighted by Gasteiger charge is 2.31. The number of benzene rings is 3. The number of piperidine rings is 1. The maximum atomic E-state index is 13.0. The van der Waals surface area contributed by atoms with E-state index in [-0.39, 0.29) is 23.4 Å². The molecular weight excluding hydrogens is 496 g/mol. The third-order valence-corrected chi connectivity index (χ3v) is 8.64. The molecule has 3 aromatic rings. The maximum absolute atomic E-state index is 13.0. The van der Waals surface area contributed by atoms with Gasteiger partial charge in [-0.2, -0.15) is 0 Å². The standard InChI is InChI=1S/C28H29ClN2O4S/c29-24-13-14-26(25(20-24)27(32)22-11-5-2-6-12-22)30-28(33)23-15-17-31(18-16-23)36(34,35)19-7-10-21-8-3-1-4-9-21/h1-6,8-9,11-14,20,23H,7,10,15-19H2,(H,30,33). The van der Waals surface area contributed by atoms with Crippen molar-refractivity contribution < 1.29 is 18.0 Å². The first-order valence-electron chi connectivity index (χ1n) is 12.1. The van der Waals surface area contributed by atoms with Crippen molar-refractivity contribution in [2.45, 2.75) is 25.7 Å². The van der Waals surface area contributed by atoms with Crippen LogP contribution in [0.5, 0.6) is 0 Å². The van der Waals surface area contributed by atoms with Gasteiger partial charge in [0.1, 0.15) is 0 Å². The molecule has 1 N–H and O–H groups in total. The second kappa shape index (κ2) is 11.8. The molecule has 1 amide bonds. The van der Waals surface area contributed by atoms with Crippen molar-refractivity contribution in [2.24, 2.45) is 5.92 Å². The van der Waals surface area contributed by atoms with Crippen molar-refractivity contribution in [2.75, 3.05) is 24.2 Å². The van der Waals surface area contributed by atoms with E-state index in [0.29, 0.717) is 60.6 Å². The molecule has 3 aromatic carbocycles. The fourth-order valence-electron chi connectivity index (χ4n) is 4.42. The average Bonchev–Trinajstić information content (AvgIpc) is 2.90. The first-order valence-corrected chi connectivity index (χ1v) is 14.0. The van der Waals surface area contributed by atoms with Crippen molar-refractivity contribution >= 4 is 39.0 Å². The van der Waals surface area contributed by atoms with Gasteiger partial charge in [-0.25, -0.2) is 12.7 Å². The van der Waals surface area contributed by atoms with Crippen LogP contribution in [-0.2, 0) is 21.2 Å². The minimum absolute atomic E-state index is 0.0918. The van der Waals surface area contributed by atoms with Gasteiger partial charge in [0.05, 0.1) is 11.4 Å². The molecule has 6 nitrogen and oxygen atoms in total. The van der Waals surface area contributed by atoms with E-state index in [0.717, 1.165) is 5.56 Å². The lowest BCUT2D eigenvalue weighted by Gasteiger charge is -2.30. The van der Waals surface area contributed by atoms with Gasteiger partial charge in [0, 0.05) is 35.2 Å². The minimum atomic E-state index is -3.37. The molecule has 1 heterocycles. The fourth-order valence-corrected chi connectivity index (χ4v) is 6.13. The van der Waals surface area contributed by atoms with Crippen LogP contribution in [0.15, 0.2) is 78.9 Å². The van der Waals surface area contributed by atoms with Gasteiger partial charge in [-0.05, 0) is 49.4 Å². The second-order valence-corrected chi connectivity index (χ2v) is 11.5. The zero-order valence-electron chi connectivity index (χ0n) is 19.9. The number of halogens is 1. The first kappa shape index (κ1) is 26.1. The molecule has 1 saturated heterocycles. The highest BCUT2D eigenvalue weighted by molar-refractivity contribution is 7.89. The van der Waals surface area contributed by atoms with Gasteiger partial charge in [-0.3, -0.25) is 9.59 Å². The number of ketones is 1. The van der Waals surface area contributed by atoms with Crippen molar-refractivity contribution in [3.63, 3.8) is 0 Å². The summed E-state index contributed by atoms with van der Waals surface area (Å²) in [4.78, 5) is 26.0. The van der Waals surface area contributed by atoms with E-state index in [1.54, 1.807) is 42.5 Å². The summed E-state index contributed by atoms with van der Waals surface area (Å²) in [5.41, 5.74) is 2.34. The van der Waals surface area contributed by atoms with E-state index in [2.05, 4.69) is 5.32 Å². The van der Waals surface area contributed by atoms with E-state index >= 15 is 0 Å². The average molecular weight is 525 g/mol. The monoisotopic (exact) mass is 524 g/mol. The lowest BCUT2D eigenvalue weighted by Crippen LogP contribution is -2.42. The molecule has 4 rings (SSSR count). The van der Waals surface area contributed by atoms with Crippen molar-refractivity contribution in [3.8, 4) is 0 Å². The van der Waals surface area contributed by atoms with Crippen LogP contribution in [0.4, 0.5) is 5.69 Å². The number of anilines is 1. The summed E-state index contributed by atoms with van der Waals surface area (Å²) in [7, 11) is -3.37. The molecule has 1 aliphatic heterocycles. The predicted molar refractivity (Wildman–Crippen MR) is 143 cm³/mol. The van der Waals surface area contributed by atoms with Gasteiger partial charge < -0.3 is 5.32 Å². The van der Waals surface area contributed by atoms with Crippen LogP contribution in [-0.4, -0.2) is 43.3 Å². The van der Waals surface area contributed by atoms with E-state index in [4.69, 9.17) is 11.6 Å². The molecule has 0 bridgehead atoms. The molecule has 1 fully saturated rings. The highest BCUT2D eigenvalue weighted by atomic mass is 35.5. The molecule has 36 heavy (non-hydrogen) atoms. The third kappa shape index (κ3) is 6.60. The Labute approximate surface area is 217 Å². The molecule has 0 aromatic heterocycles. The number of rotatable bonds is 9. The van der Waals surface area contributed by atoms with Gasteiger partial charge in [-0.15, -0.1) is 0 Å². The summed E-state index contributed by atoms with van der Waals surface area (Å²) in [5.74, 6) is -0.699. The Balaban J connectivity index is 1.34. The third-order valence-electron chi connectivity index (χ3n) is 6.45. The molecule has 1 aliphatic rings.